The van der Waals surface area contributed by atoms with Crippen molar-refractivity contribution in [3.63, 3.8) is 0 Å². The van der Waals surface area contributed by atoms with E-state index in [0.29, 0.717) is 10.8 Å². The summed E-state index contributed by atoms with van der Waals surface area (Å²) in [6.45, 7) is 0. The summed E-state index contributed by atoms with van der Waals surface area (Å²) in [4.78, 5) is 23.2. The maximum absolute atomic E-state index is 11.7. The molecule has 6 nitrogen and oxygen atoms in total. The number of amides is 1. The normalized spacial score (nSPS) is 10.3. The molecule has 0 aliphatic rings. The van der Waals surface area contributed by atoms with Gasteiger partial charge >= 0.3 is 0 Å². The summed E-state index contributed by atoms with van der Waals surface area (Å²) in [5.41, 5.74) is 6.06. The minimum Gasteiger partial charge on any atom is -0.375 e. The lowest BCUT2D eigenvalue weighted by atomic mass is 10.3. The van der Waals surface area contributed by atoms with Gasteiger partial charge in [-0.15, -0.1) is 11.3 Å². The predicted octanol–water partition coefficient (Wildman–Crippen LogP) is 2.00. The summed E-state index contributed by atoms with van der Waals surface area (Å²) in [5.74, 6) is -0.137. The average Bonchev–Trinajstić information content (AvgIpc) is 2.70. The summed E-state index contributed by atoms with van der Waals surface area (Å²) in [7, 11) is 0. The molecule has 2 aromatic heterocycles. The number of nitrogen functional groups attached to an aromatic ring is 1. The van der Waals surface area contributed by atoms with Gasteiger partial charge in [0.2, 0.25) is 5.91 Å². The molecular weight excluding hydrogens is 297 g/mol. The quantitative estimate of drug-likeness (QED) is 0.846. The molecule has 2 aromatic rings. The Hall–Kier alpha value is -1.44. The van der Waals surface area contributed by atoms with Gasteiger partial charge in [0.1, 0.15) is 11.3 Å². The highest BCUT2D eigenvalue weighted by Crippen LogP contribution is 2.25. The van der Waals surface area contributed by atoms with E-state index < -0.39 is 0 Å². The van der Waals surface area contributed by atoms with Crippen LogP contribution in [0.3, 0.4) is 0 Å². The van der Waals surface area contributed by atoms with Crippen molar-refractivity contribution in [3.05, 3.63) is 27.6 Å². The fourth-order valence-electron chi connectivity index (χ4n) is 1.18. The van der Waals surface area contributed by atoms with E-state index in [4.69, 9.17) is 28.9 Å². The third kappa shape index (κ3) is 3.06. The molecule has 0 saturated heterocycles. The van der Waals surface area contributed by atoms with E-state index in [1.807, 2.05) is 0 Å². The molecule has 0 unspecified atom stereocenters. The lowest BCUT2D eigenvalue weighted by molar-refractivity contribution is -0.115. The van der Waals surface area contributed by atoms with Crippen molar-refractivity contribution in [1.82, 2.24) is 15.0 Å². The SMILES string of the molecule is Nc1nc(CC(=O)Nc2ncnc(Cl)c2Cl)cs1. The molecule has 0 fully saturated rings. The van der Waals surface area contributed by atoms with Gasteiger partial charge in [-0.05, 0) is 0 Å². The highest BCUT2D eigenvalue weighted by molar-refractivity contribution is 7.13. The van der Waals surface area contributed by atoms with Crippen LogP contribution in [-0.2, 0) is 11.2 Å². The maximum Gasteiger partial charge on any atom is 0.231 e. The van der Waals surface area contributed by atoms with Crippen LogP contribution in [0, 0.1) is 0 Å². The van der Waals surface area contributed by atoms with E-state index in [9.17, 15) is 4.79 Å². The van der Waals surface area contributed by atoms with Gasteiger partial charge in [0, 0.05) is 5.38 Å². The number of carbonyl (C=O) groups excluding carboxylic acids is 1. The van der Waals surface area contributed by atoms with Crippen molar-refractivity contribution >= 4 is 51.4 Å². The third-order valence-corrected chi connectivity index (χ3v) is 3.38. The number of thiazole rings is 1. The Morgan fingerprint density at radius 3 is 2.89 bits per heavy atom. The molecule has 18 heavy (non-hydrogen) atoms. The van der Waals surface area contributed by atoms with Gasteiger partial charge in [-0.1, -0.05) is 23.2 Å². The van der Waals surface area contributed by atoms with Crippen molar-refractivity contribution in [2.75, 3.05) is 11.1 Å². The number of carbonyl (C=O) groups is 1. The molecular formula is C9H7Cl2N5OS. The Morgan fingerprint density at radius 1 is 1.44 bits per heavy atom. The second-order valence-corrected chi connectivity index (χ2v) is 4.85. The van der Waals surface area contributed by atoms with Crippen molar-refractivity contribution in [3.8, 4) is 0 Å². The summed E-state index contributed by atoms with van der Waals surface area (Å²) < 4.78 is 0. The molecule has 3 N–H and O–H groups in total. The number of hydrogen-bond donors (Lipinski definition) is 2. The van der Waals surface area contributed by atoms with Gasteiger partial charge in [-0.25, -0.2) is 15.0 Å². The number of hydrogen-bond acceptors (Lipinski definition) is 6. The average molecular weight is 304 g/mol. The van der Waals surface area contributed by atoms with Gasteiger partial charge in [-0.3, -0.25) is 4.79 Å². The molecule has 0 saturated carbocycles. The van der Waals surface area contributed by atoms with E-state index in [0.717, 1.165) is 0 Å². The molecule has 2 rings (SSSR count). The zero-order valence-electron chi connectivity index (χ0n) is 8.85. The standard InChI is InChI=1S/C9H7Cl2N5OS/c10-6-7(11)13-3-14-8(6)16-5(17)1-4-2-18-9(12)15-4/h2-3H,1H2,(H2,12,15)(H,13,14,16,17). The molecule has 0 bridgehead atoms. The first kappa shape index (κ1) is 13.0. The number of rotatable bonds is 3. The number of aromatic nitrogens is 3. The molecule has 2 heterocycles. The Morgan fingerprint density at radius 2 is 2.22 bits per heavy atom. The zero-order valence-corrected chi connectivity index (χ0v) is 11.2. The van der Waals surface area contributed by atoms with Crippen LogP contribution in [0.1, 0.15) is 5.69 Å². The summed E-state index contributed by atoms with van der Waals surface area (Å²) >= 11 is 12.8. The smallest absolute Gasteiger partial charge is 0.231 e. The number of halogens is 2. The van der Waals surface area contributed by atoms with Crippen LogP contribution in [0.5, 0.6) is 0 Å². The van der Waals surface area contributed by atoms with E-state index in [-0.39, 0.29) is 28.3 Å². The molecule has 0 atom stereocenters. The van der Waals surface area contributed by atoms with Crippen molar-refractivity contribution < 1.29 is 4.79 Å². The summed E-state index contributed by atoms with van der Waals surface area (Å²) in [6, 6.07) is 0. The second kappa shape index (κ2) is 5.47. The molecule has 0 spiro atoms. The van der Waals surface area contributed by atoms with Crippen LogP contribution in [0.4, 0.5) is 10.9 Å². The van der Waals surface area contributed by atoms with E-state index in [1.165, 1.54) is 17.7 Å². The number of nitrogens with one attached hydrogen (secondary N) is 1. The minimum atomic E-state index is -0.308. The first-order chi connectivity index (χ1) is 8.56. The highest BCUT2D eigenvalue weighted by atomic mass is 35.5. The largest absolute Gasteiger partial charge is 0.375 e. The topological polar surface area (TPSA) is 93.8 Å². The third-order valence-electron chi connectivity index (χ3n) is 1.92. The van der Waals surface area contributed by atoms with Crippen molar-refractivity contribution in [1.29, 1.82) is 0 Å². The minimum absolute atomic E-state index is 0.0832. The monoisotopic (exact) mass is 303 g/mol. The Bertz CT molecular complexity index is 588. The van der Waals surface area contributed by atoms with Crippen molar-refractivity contribution in [2.45, 2.75) is 6.42 Å². The van der Waals surface area contributed by atoms with Gasteiger partial charge in [0.25, 0.3) is 0 Å². The molecule has 0 radical (unpaired) electrons. The Kier molecular flexibility index (Phi) is 3.95. The van der Waals surface area contributed by atoms with E-state index in [2.05, 4.69) is 20.3 Å². The maximum atomic E-state index is 11.7. The number of anilines is 2. The molecule has 94 valence electrons. The van der Waals surface area contributed by atoms with Gasteiger partial charge in [-0.2, -0.15) is 0 Å². The van der Waals surface area contributed by atoms with Crippen LogP contribution in [0.25, 0.3) is 0 Å². The lowest BCUT2D eigenvalue weighted by Crippen LogP contribution is -2.16. The summed E-state index contributed by atoms with van der Waals surface area (Å²) in [5, 5.41) is 4.84. The van der Waals surface area contributed by atoms with E-state index >= 15 is 0 Å². The van der Waals surface area contributed by atoms with Gasteiger partial charge in [0.15, 0.2) is 16.1 Å². The lowest BCUT2D eigenvalue weighted by Gasteiger charge is -2.05. The summed E-state index contributed by atoms with van der Waals surface area (Å²) in [6.07, 6.45) is 1.30. The van der Waals surface area contributed by atoms with Crippen LogP contribution in [0.15, 0.2) is 11.7 Å². The van der Waals surface area contributed by atoms with Crippen LogP contribution >= 0.6 is 34.5 Å². The number of nitrogens with zero attached hydrogens (tertiary/aromatic N) is 3. The molecule has 0 aliphatic heterocycles. The molecule has 9 heteroatoms. The van der Waals surface area contributed by atoms with Gasteiger partial charge in [0.05, 0.1) is 12.1 Å². The van der Waals surface area contributed by atoms with Crippen LogP contribution in [-0.4, -0.2) is 20.9 Å². The van der Waals surface area contributed by atoms with Gasteiger partial charge < -0.3 is 11.1 Å². The van der Waals surface area contributed by atoms with Crippen LogP contribution in [0.2, 0.25) is 10.2 Å². The number of nitrogens with two attached hydrogens (primary N) is 1. The highest BCUT2D eigenvalue weighted by Gasteiger charge is 2.12. The van der Waals surface area contributed by atoms with Crippen LogP contribution < -0.4 is 11.1 Å². The first-order valence-corrected chi connectivity index (χ1v) is 6.35. The predicted molar refractivity (Wildman–Crippen MR) is 70.9 cm³/mol. The van der Waals surface area contributed by atoms with Crippen molar-refractivity contribution in [2.24, 2.45) is 0 Å². The second-order valence-electron chi connectivity index (χ2n) is 3.23. The van der Waals surface area contributed by atoms with E-state index in [1.54, 1.807) is 5.38 Å². The Labute approximate surface area is 116 Å². The first-order valence-electron chi connectivity index (χ1n) is 4.72. The fraction of sp³-hybridized carbons (Fsp3) is 0.111. The molecule has 1 amide bonds. The molecule has 0 aromatic carbocycles. The Balaban J connectivity index is 2.05. The molecule has 0 aliphatic carbocycles. The fourth-order valence-corrected chi connectivity index (χ4v) is 2.02. The zero-order chi connectivity index (χ0) is 13.1.